The Morgan fingerprint density at radius 1 is 0.329 bits per heavy atom. The number of aromatic nitrogens is 4. The maximum absolute atomic E-state index is 11.4. The second-order valence-corrected chi connectivity index (χ2v) is 18.3. The first-order valence-electron chi connectivity index (χ1n) is 23.5. The van der Waals surface area contributed by atoms with Gasteiger partial charge in [-0.15, -0.1) is 0 Å². The van der Waals surface area contributed by atoms with E-state index in [9.17, 15) is 5.26 Å². The zero-order valence-electron chi connectivity index (χ0n) is 37.5. The van der Waals surface area contributed by atoms with Gasteiger partial charge in [0.1, 0.15) is 6.07 Å². The molecular formula is C64H36N6. The van der Waals surface area contributed by atoms with E-state index < -0.39 is 0 Å². The summed E-state index contributed by atoms with van der Waals surface area (Å²) in [6, 6.07) is 79.8. The SMILES string of the molecule is [C-]#[N+]c1cc(-n2c3cc4c5ccccc5n(-c5ccccc5)c4cc3c3c4ccccc4ccc32)c(C#N)cc1-n1c2cc3c4ccccc4n(-c4ccccc4)c3cc2c2c3ccccc3ccc21. The first-order valence-corrected chi connectivity index (χ1v) is 23.5. The van der Waals surface area contributed by atoms with Crippen molar-refractivity contribution in [3.8, 4) is 28.8 Å². The van der Waals surface area contributed by atoms with E-state index in [-0.39, 0.29) is 0 Å². The van der Waals surface area contributed by atoms with E-state index in [1.54, 1.807) is 0 Å². The molecule has 15 aromatic rings. The van der Waals surface area contributed by atoms with E-state index in [1.165, 1.54) is 0 Å². The summed E-state index contributed by atoms with van der Waals surface area (Å²) in [6.45, 7) is 8.95. The van der Waals surface area contributed by atoms with Crippen molar-refractivity contribution >= 4 is 114 Å². The molecule has 0 N–H and O–H groups in total. The smallest absolute Gasteiger partial charge is 0.212 e. The van der Waals surface area contributed by atoms with Crippen molar-refractivity contribution in [1.82, 2.24) is 18.3 Å². The molecule has 0 saturated carbocycles. The van der Waals surface area contributed by atoms with Gasteiger partial charge in [0.15, 0.2) is 0 Å². The van der Waals surface area contributed by atoms with Crippen LogP contribution in [-0.2, 0) is 0 Å². The molecule has 6 nitrogen and oxygen atoms in total. The van der Waals surface area contributed by atoms with Crippen LogP contribution in [-0.4, -0.2) is 18.3 Å². The Hall–Kier alpha value is -9.88. The third-order valence-electron chi connectivity index (χ3n) is 14.7. The molecule has 11 aromatic carbocycles. The highest BCUT2D eigenvalue weighted by Gasteiger charge is 2.25. The van der Waals surface area contributed by atoms with E-state index in [0.29, 0.717) is 22.6 Å². The molecule has 4 aromatic heterocycles. The predicted molar refractivity (Wildman–Crippen MR) is 290 cm³/mol. The predicted octanol–water partition coefficient (Wildman–Crippen LogP) is 16.8. The van der Waals surface area contributed by atoms with Crippen LogP contribution in [0.5, 0.6) is 0 Å². The normalized spacial score (nSPS) is 12.0. The summed E-state index contributed by atoms with van der Waals surface area (Å²) >= 11 is 0. The Balaban J connectivity index is 1.06. The van der Waals surface area contributed by atoms with Gasteiger partial charge in [0, 0.05) is 54.5 Å². The van der Waals surface area contributed by atoms with Crippen LogP contribution in [0.25, 0.3) is 136 Å². The van der Waals surface area contributed by atoms with Gasteiger partial charge in [0.2, 0.25) is 5.69 Å². The number of nitriles is 1. The molecular weight excluding hydrogens is 853 g/mol. The molecule has 322 valence electrons. The number of hydrogen-bond acceptors (Lipinski definition) is 1. The largest absolute Gasteiger partial charge is 0.319 e. The highest BCUT2D eigenvalue weighted by molar-refractivity contribution is 6.27. The molecule has 4 heterocycles. The second-order valence-electron chi connectivity index (χ2n) is 18.3. The molecule has 0 spiro atoms. The minimum atomic E-state index is 0.449. The molecule has 0 aliphatic heterocycles. The van der Waals surface area contributed by atoms with Crippen LogP contribution in [0.1, 0.15) is 5.56 Å². The summed E-state index contributed by atoms with van der Waals surface area (Å²) in [5, 5.41) is 24.8. The van der Waals surface area contributed by atoms with E-state index in [2.05, 4.69) is 235 Å². The summed E-state index contributed by atoms with van der Waals surface area (Å²) in [6.07, 6.45) is 0. The number of rotatable bonds is 4. The maximum atomic E-state index is 11.4. The average Bonchev–Trinajstić information content (AvgIpc) is 4.14. The summed E-state index contributed by atoms with van der Waals surface area (Å²) in [7, 11) is 0. The summed E-state index contributed by atoms with van der Waals surface area (Å²) in [4.78, 5) is 4.34. The summed E-state index contributed by atoms with van der Waals surface area (Å²) in [5.41, 5.74) is 12.8. The molecule has 0 bridgehead atoms. The maximum Gasteiger partial charge on any atom is 0.212 e. The molecule has 0 aliphatic rings. The second kappa shape index (κ2) is 14.3. The summed E-state index contributed by atoms with van der Waals surface area (Å²) < 4.78 is 9.16. The molecule has 0 atom stereocenters. The number of fused-ring (bicyclic) bond motifs is 16. The Kier molecular flexibility index (Phi) is 7.82. The standard InChI is InChI=1S/C64H36N6/c1-66-52-37-57(69-55-30-28-39-16-8-10-22-44(39)63(55)50-35-58-48(33-60(50)69)46-24-12-14-26-53(46)67(58)42-18-4-2-5-19-42)41(38-65)32-62(52)70-56-31-29-40-17-9-11-23-45(40)64(56)51-36-59-49(34-61(51)70)47-25-13-15-27-54(47)68(59)43-20-6-3-7-21-43/h2-37H. The minimum absolute atomic E-state index is 0.449. The van der Waals surface area contributed by atoms with E-state index >= 15 is 0 Å². The molecule has 0 saturated heterocycles. The molecule has 0 amide bonds. The van der Waals surface area contributed by atoms with Gasteiger partial charge in [0.25, 0.3) is 0 Å². The third kappa shape index (κ3) is 5.14. The average molecular weight is 889 g/mol. The molecule has 70 heavy (non-hydrogen) atoms. The van der Waals surface area contributed by atoms with Crippen LogP contribution in [0.2, 0.25) is 0 Å². The van der Waals surface area contributed by atoms with Crippen LogP contribution in [0.15, 0.2) is 218 Å². The van der Waals surface area contributed by atoms with Crippen molar-refractivity contribution in [3.63, 3.8) is 0 Å². The number of nitrogens with zero attached hydrogens (tertiary/aromatic N) is 6. The molecule has 0 unspecified atom stereocenters. The van der Waals surface area contributed by atoms with Crippen molar-refractivity contribution in [2.75, 3.05) is 0 Å². The lowest BCUT2D eigenvalue weighted by atomic mass is 10.0. The van der Waals surface area contributed by atoms with Gasteiger partial charge >= 0.3 is 0 Å². The lowest BCUT2D eigenvalue weighted by Crippen LogP contribution is -2.02. The van der Waals surface area contributed by atoms with E-state index in [1.807, 2.05) is 12.1 Å². The lowest BCUT2D eigenvalue weighted by Gasteiger charge is -2.16. The van der Waals surface area contributed by atoms with E-state index in [4.69, 9.17) is 6.57 Å². The van der Waals surface area contributed by atoms with Crippen LogP contribution in [0.3, 0.4) is 0 Å². The number of para-hydroxylation sites is 4. The van der Waals surface area contributed by atoms with Crippen LogP contribution >= 0.6 is 0 Å². The van der Waals surface area contributed by atoms with Crippen molar-refractivity contribution in [2.45, 2.75) is 0 Å². The van der Waals surface area contributed by atoms with Gasteiger partial charge in [-0.25, -0.2) is 4.85 Å². The Labute approximate surface area is 400 Å². The van der Waals surface area contributed by atoms with Crippen molar-refractivity contribution in [2.24, 2.45) is 0 Å². The zero-order valence-corrected chi connectivity index (χ0v) is 37.5. The topological polar surface area (TPSA) is 47.9 Å². The highest BCUT2D eigenvalue weighted by Crippen LogP contribution is 2.46. The van der Waals surface area contributed by atoms with Gasteiger partial charge in [-0.05, 0) is 106 Å². The van der Waals surface area contributed by atoms with Crippen LogP contribution < -0.4 is 0 Å². The molecule has 0 radical (unpaired) electrons. The lowest BCUT2D eigenvalue weighted by molar-refractivity contribution is 1.14. The quantitative estimate of drug-likeness (QED) is 0.162. The minimum Gasteiger partial charge on any atom is -0.319 e. The van der Waals surface area contributed by atoms with Gasteiger partial charge in [0.05, 0.1) is 67.6 Å². The molecule has 6 heteroatoms. The fourth-order valence-corrected chi connectivity index (χ4v) is 11.8. The van der Waals surface area contributed by atoms with Crippen LogP contribution in [0.4, 0.5) is 5.69 Å². The van der Waals surface area contributed by atoms with Crippen LogP contribution in [0, 0.1) is 17.9 Å². The number of hydrogen-bond donors (Lipinski definition) is 0. The Morgan fingerprint density at radius 3 is 1.23 bits per heavy atom. The fourth-order valence-electron chi connectivity index (χ4n) is 11.8. The van der Waals surface area contributed by atoms with Gasteiger partial charge in [-0.3, -0.25) is 0 Å². The Morgan fingerprint density at radius 2 is 0.743 bits per heavy atom. The fraction of sp³-hybridized carbons (Fsp3) is 0. The monoisotopic (exact) mass is 888 g/mol. The zero-order chi connectivity index (χ0) is 46.2. The van der Waals surface area contributed by atoms with Gasteiger partial charge in [-0.1, -0.05) is 133 Å². The molecule has 0 aliphatic carbocycles. The first-order chi connectivity index (χ1) is 34.7. The van der Waals surface area contributed by atoms with Crippen molar-refractivity contribution in [1.29, 1.82) is 5.26 Å². The molecule has 0 fully saturated rings. The van der Waals surface area contributed by atoms with Gasteiger partial charge < -0.3 is 18.3 Å². The molecule has 15 rings (SSSR count). The first kappa shape index (κ1) is 38.2. The van der Waals surface area contributed by atoms with Gasteiger partial charge in [-0.2, -0.15) is 5.26 Å². The van der Waals surface area contributed by atoms with Crippen molar-refractivity contribution in [3.05, 3.63) is 235 Å². The van der Waals surface area contributed by atoms with E-state index in [0.717, 1.165) is 120 Å². The third-order valence-corrected chi connectivity index (χ3v) is 14.7. The highest BCUT2D eigenvalue weighted by atomic mass is 15.0. The Bertz CT molecular complexity index is 4530. The van der Waals surface area contributed by atoms with Crippen molar-refractivity contribution < 1.29 is 0 Å². The number of benzene rings is 11. The summed E-state index contributed by atoms with van der Waals surface area (Å²) in [5.74, 6) is 0.